The van der Waals surface area contributed by atoms with E-state index in [4.69, 9.17) is 9.84 Å². The summed E-state index contributed by atoms with van der Waals surface area (Å²) in [6.45, 7) is 4.85. The van der Waals surface area contributed by atoms with Gasteiger partial charge in [0, 0.05) is 13.3 Å². The predicted molar refractivity (Wildman–Crippen MR) is 136 cm³/mol. The van der Waals surface area contributed by atoms with Gasteiger partial charge in [0.05, 0.1) is 27.8 Å². The molecule has 8 nitrogen and oxygen atoms in total. The molecule has 0 aliphatic rings. The molecule has 0 spiro atoms. The Hall–Kier alpha value is -1.00. The smallest absolute Gasteiger partial charge is 0.310 e. The van der Waals surface area contributed by atoms with Gasteiger partial charge in [-0.05, 0) is 32.1 Å². The van der Waals surface area contributed by atoms with Gasteiger partial charge in [0.15, 0.2) is 0 Å². The number of rotatable bonds is 20. The highest BCUT2D eigenvalue weighted by atomic mass is 32.3. The molecule has 0 heterocycles. The second-order valence-electron chi connectivity index (χ2n) is 9.22. The van der Waals surface area contributed by atoms with Crippen LogP contribution in [0.3, 0.4) is 0 Å². The average Bonchev–Trinajstić information content (AvgIpc) is 2.76. The molecule has 0 aromatic rings. The molecule has 0 aromatic carbocycles. The van der Waals surface area contributed by atoms with Gasteiger partial charge in [0.2, 0.25) is 16.6 Å². The summed E-state index contributed by atoms with van der Waals surface area (Å²) in [5.41, 5.74) is 0. The van der Waals surface area contributed by atoms with Crippen LogP contribution >= 0.6 is 0 Å². The fraction of sp³-hybridized carbons (Fsp3) is 0.880. The number of carbonyl (C=O) groups excluding carboxylic acids is 1. The SMILES string of the molecule is CCCCCCCC/C=C\CCCCCCCC(=O)OC(C)[N+](C)(C)CCO.COS(=O)(=O)[O-]. The van der Waals surface area contributed by atoms with Gasteiger partial charge in [-0.15, -0.1) is 0 Å². The van der Waals surface area contributed by atoms with Crippen molar-refractivity contribution in [3.63, 3.8) is 0 Å². The second kappa shape index (κ2) is 22.5. The Kier molecular flexibility index (Phi) is 23.2. The van der Waals surface area contributed by atoms with Gasteiger partial charge in [-0.2, -0.15) is 0 Å². The third kappa shape index (κ3) is 25.6. The van der Waals surface area contributed by atoms with Crippen LogP contribution in [0, 0.1) is 0 Å². The minimum atomic E-state index is -4.41. The number of quaternary nitrogens is 1. The fourth-order valence-electron chi connectivity index (χ4n) is 3.17. The van der Waals surface area contributed by atoms with E-state index in [0.29, 0.717) is 17.4 Å². The first-order chi connectivity index (χ1) is 16.0. The fourth-order valence-corrected chi connectivity index (χ4v) is 3.17. The summed E-state index contributed by atoms with van der Waals surface area (Å²) >= 11 is 0. The van der Waals surface area contributed by atoms with Crippen LogP contribution in [-0.2, 0) is 24.1 Å². The Morgan fingerprint density at radius 1 is 0.941 bits per heavy atom. The van der Waals surface area contributed by atoms with E-state index >= 15 is 0 Å². The first-order valence-corrected chi connectivity index (χ1v) is 14.1. The average molecular weight is 510 g/mol. The predicted octanol–water partition coefficient (Wildman–Crippen LogP) is 5.07. The summed E-state index contributed by atoms with van der Waals surface area (Å²) in [6, 6.07) is 0. The highest BCUT2D eigenvalue weighted by Gasteiger charge is 2.26. The van der Waals surface area contributed by atoms with Gasteiger partial charge in [-0.3, -0.25) is 13.5 Å². The third-order valence-corrected chi connectivity index (χ3v) is 6.22. The Labute approximate surface area is 209 Å². The molecule has 0 aromatic heterocycles. The topological polar surface area (TPSA) is 113 Å². The maximum atomic E-state index is 11.9. The molecule has 0 radical (unpaired) electrons. The molecule has 1 unspecified atom stereocenters. The van der Waals surface area contributed by atoms with E-state index in [-0.39, 0.29) is 18.8 Å². The second-order valence-corrected chi connectivity index (χ2v) is 10.4. The summed E-state index contributed by atoms with van der Waals surface area (Å²) < 4.78 is 37.0. The Morgan fingerprint density at radius 2 is 1.38 bits per heavy atom. The van der Waals surface area contributed by atoms with E-state index in [1.807, 2.05) is 21.0 Å². The zero-order valence-corrected chi connectivity index (χ0v) is 23.1. The van der Waals surface area contributed by atoms with Gasteiger partial charge in [0.25, 0.3) is 0 Å². The zero-order valence-electron chi connectivity index (χ0n) is 22.3. The molecule has 0 bridgehead atoms. The molecule has 0 aliphatic heterocycles. The van der Waals surface area contributed by atoms with E-state index in [1.165, 1.54) is 70.6 Å². The lowest BCUT2D eigenvalue weighted by atomic mass is 10.1. The van der Waals surface area contributed by atoms with Crippen LogP contribution < -0.4 is 0 Å². The van der Waals surface area contributed by atoms with E-state index in [1.54, 1.807) is 0 Å². The standard InChI is InChI=1S/C24H48NO3.CH4O4S/c1-5-6-7-8-9-10-11-12-13-14-15-16-17-18-19-20-24(27)28-23(2)25(3,4)21-22-26;1-5-6(2,3)4/h12-13,23,26H,5-11,14-22H2,1-4H3;1H3,(H,2,3,4)/q+1;/p-1/b13-12-;. The van der Waals surface area contributed by atoms with Crippen molar-refractivity contribution in [1.82, 2.24) is 0 Å². The number of ether oxygens (including phenoxy) is 1. The summed E-state index contributed by atoms with van der Waals surface area (Å²) in [5.74, 6) is -0.116. The number of hydrogen-bond donors (Lipinski definition) is 1. The highest BCUT2D eigenvalue weighted by Crippen LogP contribution is 2.12. The molecule has 0 aliphatic carbocycles. The van der Waals surface area contributed by atoms with Crippen molar-refractivity contribution in [2.45, 2.75) is 110 Å². The maximum Gasteiger partial charge on any atom is 0.310 e. The molecule has 1 N–H and O–H groups in total. The lowest BCUT2D eigenvalue weighted by Crippen LogP contribution is -2.51. The van der Waals surface area contributed by atoms with Crippen LogP contribution in [0.25, 0.3) is 0 Å². The Balaban J connectivity index is 0. The number of unbranched alkanes of at least 4 members (excludes halogenated alkanes) is 11. The van der Waals surface area contributed by atoms with Gasteiger partial charge < -0.3 is 14.4 Å². The number of aliphatic hydroxyl groups excluding tert-OH is 1. The number of likely N-dealkylation sites (N-methyl/N-ethyl adjacent to an activating group) is 1. The number of hydrogen-bond acceptors (Lipinski definition) is 7. The van der Waals surface area contributed by atoms with Crippen molar-refractivity contribution in [3.05, 3.63) is 12.2 Å². The van der Waals surface area contributed by atoms with E-state index in [2.05, 4.69) is 23.3 Å². The summed E-state index contributed by atoms with van der Waals surface area (Å²) in [6.07, 6.45) is 21.3. The van der Waals surface area contributed by atoms with Crippen molar-refractivity contribution in [2.75, 3.05) is 34.4 Å². The quantitative estimate of drug-likeness (QED) is 0.0463. The summed E-state index contributed by atoms with van der Waals surface area (Å²) in [5, 5.41) is 9.08. The molecule has 1 atom stereocenters. The number of esters is 1. The van der Waals surface area contributed by atoms with Crippen LogP contribution in [0.15, 0.2) is 12.2 Å². The molecule has 0 saturated heterocycles. The molecule has 0 amide bonds. The van der Waals surface area contributed by atoms with Crippen LogP contribution in [0.1, 0.15) is 104 Å². The molecular weight excluding hydrogens is 458 g/mol. The van der Waals surface area contributed by atoms with Crippen LogP contribution in [0.4, 0.5) is 0 Å². The first kappa shape index (κ1) is 35.2. The van der Waals surface area contributed by atoms with Crippen molar-refractivity contribution < 1.29 is 36.3 Å². The zero-order chi connectivity index (χ0) is 26.3. The van der Waals surface area contributed by atoms with Crippen molar-refractivity contribution in [3.8, 4) is 0 Å². The normalized spacial score (nSPS) is 12.9. The van der Waals surface area contributed by atoms with Gasteiger partial charge in [0.1, 0.15) is 6.54 Å². The monoisotopic (exact) mass is 509 g/mol. The van der Waals surface area contributed by atoms with Gasteiger partial charge in [-0.25, -0.2) is 8.42 Å². The minimum Gasteiger partial charge on any atom is -0.726 e. The van der Waals surface area contributed by atoms with Crippen LogP contribution in [0.2, 0.25) is 0 Å². The summed E-state index contributed by atoms with van der Waals surface area (Å²) in [4.78, 5) is 11.9. The molecule has 0 fully saturated rings. The maximum absolute atomic E-state index is 11.9. The van der Waals surface area contributed by atoms with E-state index in [9.17, 15) is 17.8 Å². The van der Waals surface area contributed by atoms with E-state index < -0.39 is 10.4 Å². The number of nitrogens with zero attached hydrogens (tertiary/aromatic N) is 1. The number of allylic oxidation sites excluding steroid dienone is 2. The van der Waals surface area contributed by atoms with Gasteiger partial charge >= 0.3 is 5.97 Å². The Bertz CT molecular complexity index is 606. The lowest BCUT2D eigenvalue weighted by Gasteiger charge is -2.34. The van der Waals surface area contributed by atoms with Crippen molar-refractivity contribution in [2.24, 2.45) is 0 Å². The molecular formula is C25H51NO7S. The lowest BCUT2D eigenvalue weighted by molar-refractivity contribution is -0.932. The molecule has 9 heteroatoms. The minimum absolute atomic E-state index is 0.100. The summed E-state index contributed by atoms with van der Waals surface area (Å²) in [7, 11) is 0.333. The van der Waals surface area contributed by atoms with Gasteiger partial charge in [-0.1, -0.05) is 70.4 Å². The molecule has 204 valence electrons. The molecule has 0 rings (SSSR count). The van der Waals surface area contributed by atoms with Crippen LogP contribution in [0.5, 0.6) is 0 Å². The van der Waals surface area contributed by atoms with Crippen LogP contribution in [-0.4, -0.2) is 69.1 Å². The number of carbonyl (C=O) groups is 1. The molecule has 0 saturated carbocycles. The van der Waals surface area contributed by atoms with Crippen molar-refractivity contribution >= 4 is 16.4 Å². The third-order valence-electron chi connectivity index (χ3n) is 5.81. The molecule has 34 heavy (non-hydrogen) atoms. The highest BCUT2D eigenvalue weighted by molar-refractivity contribution is 7.80. The van der Waals surface area contributed by atoms with Crippen molar-refractivity contribution in [1.29, 1.82) is 0 Å². The Morgan fingerprint density at radius 3 is 1.82 bits per heavy atom. The number of aliphatic hydroxyl groups is 1. The largest absolute Gasteiger partial charge is 0.726 e. The van der Waals surface area contributed by atoms with E-state index in [0.717, 1.165) is 20.0 Å². The first-order valence-electron chi connectivity index (χ1n) is 12.8.